The van der Waals surface area contributed by atoms with Crippen LogP contribution in [0.25, 0.3) is 0 Å². The first kappa shape index (κ1) is 20.2. The van der Waals surface area contributed by atoms with Crippen molar-refractivity contribution in [3.8, 4) is 0 Å². The minimum absolute atomic E-state index is 0. The molecule has 0 amide bonds. The van der Waals surface area contributed by atoms with E-state index in [9.17, 15) is 0 Å². The van der Waals surface area contributed by atoms with Crippen molar-refractivity contribution in [3.63, 3.8) is 0 Å². The Morgan fingerprint density at radius 1 is 1.25 bits per heavy atom. The van der Waals surface area contributed by atoms with Gasteiger partial charge in [0.25, 0.3) is 0 Å². The molecule has 0 radical (unpaired) electrons. The topological polar surface area (TPSA) is 51.4 Å². The van der Waals surface area contributed by atoms with Gasteiger partial charge in [-0.05, 0) is 0 Å². The number of hydrogen-bond donors (Lipinski definition) is 0. The summed E-state index contributed by atoms with van der Waals surface area (Å²) >= 11 is 0. The summed E-state index contributed by atoms with van der Waals surface area (Å²) < 4.78 is 7.50. The van der Waals surface area contributed by atoms with E-state index < -0.39 is 0 Å². The van der Waals surface area contributed by atoms with Gasteiger partial charge in [-0.15, -0.1) is 0 Å². The van der Waals surface area contributed by atoms with E-state index in [4.69, 9.17) is 4.65 Å². The summed E-state index contributed by atoms with van der Waals surface area (Å²) in [6.45, 7) is 4.50. The number of rotatable bonds is 0. The van der Waals surface area contributed by atoms with E-state index in [0.29, 0.717) is 0 Å². The van der Waals surface area contributed by atoms with Gasteiger partial charge in [-0.25, -0.2) is 0 Å². The Kier molecular flexibility index (Phi) is 191. The minimum atomic E-state index is 0. The van der Waals surface area contributed by atoms with Gasteiger partial charge in [0.2, 0.25) is 0 Å². The molecule has 0 aromatic rings. The van der Waals surface area contributed by atoms with Crippen LogP contribution in [0.2, 0.25) is 0 Å². The molecule has 0 saturated carbocycles. The Bertz CT molecular complexity index is 10.8. The fraction of sp³-hybridized carbons (Fsp3) is 0. The molecule has 0 unspecified atom stereocenters. The second kappa shape index (κ2) is 37.7. The Hall–Kier alpha value is 0.960. The number of hydrogen-bond acceptors (Lipinski definition) is 0. The molecule has 0 aromatic heterocycles. The molecule has 0 aliphatic rings. The van der Waals surface area contributed by atoms with E-state index in [1.807, 2.05) is 0 Å². The van der Waals surface area contributed by atoms with Gasteiger partial charge in [-0.1, -0.05) is 0 Å². The zero-order valence-corrected chi connectivity index (χ0v) is 2.47. The van der Waals surface area contributed by atoms with Crippen molar-refractivity contribution in [1.29, 1.82) is 0 Å². The van der Waals surface area contributed by atoms with E-state index in [-0.39, 0.29) is 43.2 Å². The molecular weight excluding hydrogens is 84.0 g/mol. The van der Waals surface area contributed by atoms with Gasteiger partial charge in [0, 0.05) is 37.7 Å². The second-order valence-corrected chi connectivity index (χ2v) is 0. The molecule has 0 fully saturated rings. The molecule has 0 saturated heterocycles. The molecule has 0 aromatic carbocycles. The molecule has 0 bridgehead atoms. The third-order valence-corrected chi connectivity index (χ3v) is 0. The molecule has 2 N–H and O–H groups in total. The summed E-state index contributed by atoms with van der Waals surface area (Å²) in [5.74, 6) is 0. The second-order valence-electron chi connectivity index (χ2n) is 0. The van der Waals surface area contributed by atoms with Gasteiger partial charge in [0.15, 0.2) is 0 Å². The maximum absolute atomic E-state index is 7.50. The van der Waals surface area contributed by atoms with Crippen molar-refractivity contribution in [2.45, 2.75) is 0 Å². The average molecular weight is 86.0 g/mol. The monoisotopic (exact) mass is 86.0 g/mol. The van der Waals surface area contributed by atoms with Crippen LogP contribution in [0, 0.1) is 44.4 Å². The Balaban J connectivity index is -0.00000000500. The Labute approximate surface area is 54.2 Å². The molecular formula is CH2ArO2. The Morgan fingerprint density at radius 3 is 1.25 bits per heavy atom. The zero-order valence-electron chi connectivity index (χ0n) is 1.76. The van der Waals surface area contributed by atoms with Gasteiger partial charge in [-0.3, -0.25) is 0 Å². The molecule has 0 heterocycles. The van der Waals surface area contributed by atoms with Crippen LogP contribution >= 0.6 is 0 Å². The molecule has 0 aliphatic carbocycles. The molecule has 26 valence electrons. The molecule has 3 heteroatoms. The third kappa shape index (κ3) is 12.3. The van der Waals surface area contributed by atoms with Crippen molar-refractivity contribution in [1.82, 2.24) is 0 Å². The summed E-state index contributed by atoms with van der Waals surface area (Å²) in [5.41, 5.74) is 0. The Morgan fingerprint density at radius 2 is 1.25 bits per heavy atom. The summed E-state index contributed by atoms with van der Waals surface area (Å²) in [7, 11) is 0. The first-order valence-corrected chi connectivity index (χ1v) is 0.204. The predicted octanol–water partition coefficient (Wildman–Crippen LogP) is -0.862. The van der Waals surface area contributed by atoms with E-state index in [2.05, 4.69) is 6.65 Å². The molecule has 2 nitrogen and oxygen atoms in total. The van der Waals surface area contributed by atoms with E-state index in [1.165, 1.54) is 0 Å². The summed E-state index contributed by atoms with van der Waals surface area (Å²) in [6, 6.07) is 0. The normalized spacial score (nSPS) is 0.500. The van der Waals surface area contributed by atoms with Crippen molar-refractivity contribution >= 4 is 0 Å². The molecule has 0 aliphatic heterocycles. The fourth-order valence-electron chi connectivity index (χ4n) is 0. The fourth-order valence-corrected chi connectivity index (χ4v) is 0. The average Bonchev–Trinajstić information content (AvgIpc) is 1.00. The molecule has 0 rings (SSSR count). The van der Waals surface area contributed by atoms with Crippen molar-refractivity contribution < 1.29 is 47.9 Å². The zero-order chi connectivity index (χ0) is 2.00. The van der Waals surface area contributed by atoms with Gasteiger partial charge in [0.05, 0.1) is 0 Å². The third-order valence-electron chi connectivity index (χ3n) is 0. The molecule has 0 spiro atoms. The van der Waals surface area contributed by atoms with Crippen LogP contribution < -0.4 is 0 Å². The summed E-state index contributed by atoms with van der Waals surface area (Å²) in [6.07, 6.45) is 0. The standard InChI is InChI=1S/CO.Ar.H2O/c1-2;;/h;;1H2. The van der Waals surface area contributed by atoms with Gasteiger partial charge < -0.3 is 5.48 Å². The van der Waals surface area contributed by atoms with Crippen LogP contribution in [-0.2, 0) is 4.65 Å². The van der Waals surface area contributed by atoms with Crippen molar-refractivity contribution in [3.05, 3.63) is 6.65 Å². The van der Waals surface area contributed by atoms with Crippen LogP contribution in [-0.4, -0.2) is 5.48 Å². The maximum atomic E-state index is 7.50. The van der Waals surface area contributed by atoms with E-state index >= 15 is 0 Å². The van der Waals surface area contributed by atoms with E-state index in [1.54, 1.807) is 0 Å². The van der Waals surface area contributed by atoms with Crippen LogP contribution in [0.1, 0.15) is 0 Å². The first-order chi connectivity index (χ1) is 1.00. The van der Waals surface area contributed by atoms with Gasteiger partial charge in [0.1, 0.15) is 0 Å². The van der Waals surface area contributed by atoms with Crippen LogP contribution in [0.3, 0.4) is 0 Å². The SMILES string of the molecule is O.[Ar].[C-]#[O+]. The van der Waals surface area contributed by atoms with Gasteiger partial charge >= 0.3 is 11.3 Å². The molecule has 4 heavy (non-hydrogen) atoms. The van der Waals surface area contributed by atoms with Crippen molar-refractivity contribution in [2.75, 3.05) is 0 Å². The molecule has 0 atom stereocenters. The van der Waals surface area contributed by atoms with Crippen LogP contribution in [0.4, 0.5) is 0 Å². The quantitative estimate of drug-likeness (QED) is 0.272. The summed E-state index contributed by atoms with van der Waals surface area (Å²) in [5, 5.41) is 0. The van der Waals surface area contributed by atoms with Crippen LogP contribution in [0.5, 0.6) is 0 Å². The predicted molar refractivity (Wildman–Crippen MR) is 7.54 cm³/mol. The van der Waals surface area contributed by atoms with E-state index in [0.717, 1.165) is 0 Å². The summed E-state index contributed by atoms with van der Waals surface area (Å²) in [4.78, 5) is 0. The van der Waals surface area contributed by atoms with Crippen molar-refractivity contribution in [2.24, 2.45) is 0 Å². The first-order valence-electron chi connectivity index (χ1n) is 0.204. The van der Waals surface area contributed by atoms with Crippen LogP contribution in [0.15, 0.2) is 0 Å². The van der Waals surface area contributed by atoms with Gasteiger partial charge in [-0.2, -0.15) is 0 Å².